The molecular weight excluding hydrogens is 574 g/mol. The normalized spacial score (nSPS) is 31.4. The number of halogens is 2. The van der Waals surface area contributed by atoms with Crippen molar-refractivity contribution in [2.45, 2.75) is 58.2 Å². The first-order valence-electron chi connectivity index (χ1n) is 9.82. The second-order valence-corrected chi connectivity index (χ2v) is 13.1. The maximum Gasteiger partial charge on any atom is 0.0551 e. The standard InChI is InChI=1S/C22H28I2N4/c1-3-22(24)7-6-21(14-10-18(27)19(28)11-15(14)22)5-4-20(2,23)12-8-16(25)17(26)9-13(12)21/h8-11H,3-7,25-28H2,1-2H3. The van der Waals surface area contributed by atoms with Crippen LogP contribution in [-0.4, -0.2) is 0 Å². The first-order valence-corrected chi connectivity index (χ1v) is 12.0. The molecule has 0 aliphatic heterocycles. The molecule has 0 amide bonds. The Labute approximate surface area is 194 Å². The first-order chi connectivity index (χ1) is 13.0. The fourth-order valence-corrected chi connectivity index (χ4v) is 6.60. The highest BCUT2D eigenvalue weighted by Crippen LogP contribution is 2.61. The number of rotatable bonds is 1. The largest absolute Gasteiger partial charge is 0.397 e. The van der Waals surface area contributed by atoms with Crippen LogP contribution in [0.15, 0.2) is 24.3 Å². The SMILES string of the molecule is CCC1(I)CCC2(CCC(C)(I)c3cc(N)c(N)cc32)c2cc(N)c(N)cc21. The molecule has 3 unspecified atom stereocenters. The van der Waals surface area contributed by atoms with Crippen molar-refractivity contribution in [3.8, 4) is 0 Å². The molecule has 0 bridgehead atoms. The van der Waals surface area contributed by atoms with Crippen molar-refractivity contribution < 1.29 is 0 Å². The average Bonchev–Trinajstić information content (AvgIpc) is 2.64. The third-order valence-corrected chi connectivity index (χ3v) is 10.1. The van der Waals surface area contributed by atoms with E-state index in [4.69, 9.17) is 22.9 Å². The number of benzene rings is 2. The third-order valence-electron chi connectivity index (χ3n) is 7.05. The summed E-state index contributed by atoms with van der Waals surface area (Å²) in [5.41, 5.74) is 33.0. The van der Waals surface area contributed by atoms with Gasteiger partial charge in [0.2, 0.25) is 0 Å². The van der Waals surface area contributed by atoms with E-state index in [1.165, 1.54) is 22.3 Å². The van der Waals surface area contributed by atoms with Gasteiger partial charge in [-0.05, 0) is 85.5 Å². The van der Waals surface area contributed by atoms with Gasteiger partial charge in [-0.2, -0.15) is 0 Å². The molecule has 3 atom stereocenters. The van der Waals surface area contributed by atoms with Gasteiger partial charge in [-0.25, -0.2) is 0 Å². The van der Waals surface area contributed by atoms with Crippen LogP contribution in [0, 0.1) is 0 Å². The van der Waals surface area contributed by atoms with Gasteiger partial charge in [0, 0.05) is 12.3 Å². The van der Waals surface area contributed by atoms with E-state index in [2.05, 4.69) is 83.3 Å². The molecule has 0 saturated heterocycles. The van der Waals surface area contributed by atoms with E-state index in [1.54, 1.807) is 0 Å². The predicted octanol–water partition coefficient (Wildman–Crippen LogP) is 5.58. The van der Waals surface area contributed by atoms with Gasteiger partial charge in [-0.1, -0.05) is 52.1 Å². The number of alkyl halides is 2. The minimum Gasteiger partial charge on any atom is -0.397 e. The molecule has 1 spiro atoms. The molecule has 4 rings (SSSR count). The fraction of sp³-hybridized carbons (Fsp3) is 0.455. The number of nitrogens with two attached hydrogens (primary N) is 4. The first kappa shape index (κ1) is 20.4. The summed E-state index contributed by atoms with van der Waals surface area (Å²) in [4.78, 5) is 0. The van der Waals surface area contributed by atoms with Gasteiger partial charge in [-0.3, -0.25) is 0 Å². The Kier molecular flexibility index (Phi) is 4.77. The molecule has 6 heteroatoms. The van der Waals surface area contributed by atoms with Crippen LogP contribution < -0.4 is 22.9 Å². The lowest BCUT2D eigenvalue weighted by Crippen LogP contribution is -2.43. The van der Waals surface area contributed by atoms with Crippen molar-refractivity contribution in [2.75, 3.05) is 22.9 Å². The smallest absolute Gasteiger partial charge is 0.0551 e. The quantitative estimate of drug-likeness (QED) is 0.195. The van der Waals surface area contributed by atoms with Crippen LogP contribution in [0.2, 0.25) is 0 Å². The lowest BCUT2D eigenvalue weighted by atomic mass is 9.56. The maximum absolute atomic E-state index is 6.32. The van der Waals surface area contributed by atoms with Gasteiger partial charge >= 0.3 is 0 Å². The van der Waals surface area contributed by atoms with E-state index >= 15 is 0 Å². The van der Waals surface area contributed by atoms with Crippen LogP contribution in [-0.2, 0) is 12.3 Å². The zero-order valence-corrected chi connectivity index (χ0v) is 20.7. The summed E-state index contributed by atoms with van der Waals surface area (Å²) < 4.78 is 0.133. The minimum atomic E-state index is -0.0805. The summed E-state index contributed by atoms with van der Waals surface area (Å²) in [6.45, 7) is 4.56. The van der Waals surface area contributed by atoms with Crippen molar-refractivity contribution >= 4 is 67.9 Å². The summed E-state index contributed by atoms with van der Waals surface area (Å²) in [6, 6.07) is 8.49. The van der Waals surface area contributed by atoms with E-state index in [9.17, 15) is 0 Å². The highest BCUT2D eigenvalue weighted by atomic mass is 127. The molecule has 2 aliphatic rings. The van der Waals surface area contributed by atoms with Crippen LogP contribution in [0.25, 0.3) is 0 Å². The van der Waals surface area contributed by atoms with Crippen LogP contribution >= 0.6 is 45.2 Å². The lowest BCUT2D eigenvalue weighted by molar-refractivity contribution is 0.317. The van der Waals surface area contributed by atoms with Gasteiger partial charge in [0.25, 0.3) is 0 Å². The van der Waals surface area contributed by atoms with Gasteiger partial charge < -0.3 is 22.9 Å². The molecule has 0 aromatic heterocycles. The zero-order chi connectivity index (χ0) is 20.5. The molecule has 2 aromatic rings. The molecule has 0 heterocycles. The Morgan fingerprint density at radius 3 is 1.68 bits per heavy atom. The van der Waals surface area contributed by atoms with Crippen LogP contribution in [0.5, 0.6) is 0 Å². The zero-order valence-electron chi connectivity index (χ0n) is 16.4. The van der Waals surface area contributed by atoms with Gasteiger partial charge in [0.05, 0.1) is 22.7 Å². The van der Waals surface area contributed by atoms with E-state index < -0.39 is 0 Å². The van der Waals surface area contributed by atoms with Crippen molar-refractivity contribution in [3.05, 3.63) is 46.5 Å². The van der Waals surface area contributed by atoms with E-state index in [-0.39, 0.29) is 12.3 Å². The monoisotopic (exact) mass is 602 g/mol. The summed E-state index contributed by atoms with van der Waals surface area (Å²) in [7, 11) is 0. The molecule has 28 heavy (non-hydrogen) atoms. The molecule has 2 aromatic carbocycles. The molecular formula is C22H28I2N4. The minimum absolute atomic E-state index is 0.0449. The molecule has 150 valence electrons. The Hall–Kier alpha value is -0.900. The molecule has 2 aliphatic carbocycles. The van der Waals surface area contributed by atoms with Crippen molar-refractivity contribution in [3.63, 3.8) is 0 Å². The average molecular weight is 602 g/mol. The highest BCUT2D eigenvalue weighted by molar-refractivity contribution is 14.1. The molecule has 0 radical (unpaired) electrons. The Balaban J connectivity index is 2.06. The Bertz CT molecular complexity index is 971. The summed E-state index contributed by atoms with van der Waals surface area (Å²) in [5.74, 6) is 0. The number of nitrogen functional groups attached to an aromatic ring is 4. The number of hydrogen-bond acceptors (Lipinski definition) is 4. The molecule has 0 saturated carbocycles. The second kappa shape index (κ2) is 6.55. The number of fused-ring (bicyclic) bond motifs is 4. The van der Waals surface area contributed by atoms with Crippen LogP contribution in [0.4, 0.5) is 22.7 Å². The second-order valence-electron chi connectivity index (χ2n) is 8.65. The van der Waals surface area contributed by atoms with Crippen molar-refractivity contribution in [1.29, 1.82) is 0 Å². The van der Waals surface area contributed by atoms with E-state index in [1.807, 2.05) is 0 Å². The molecule has 4 nitrogen and oxygen atoms in total. The van der Waals surface area contributed by atoms with Crippen LogP contribution in [0.1, 0.15) is 68.2 Å². The van der Waals surface area contributed by atoms with Crippen LogP contribution in [0.3, 0.4) is 0 Å². The fourth-order valence-electron chi connectivity index (χ4n) is 5.17. The molecule has 8 N–H and O–H groups in total. The van der Waals surface area contributed by atoms with Crippen molar-refractivity contribution in [1.82, 2.24) is 0 Å². The summed E-state index contributed by atoms with van der Waals surface area (Å²) in [5, 5.41) is 0. The van der Waals surface area contributed by atoms with Gasteiger partial charge in [0.15, 0.2) is 0 Å². The molecule has 0 fully saturated rings. The number of hydrogen-bond donors (Lipinski definition) is 4. The van der Waals surface area contributed by atoms with E-state index in [0.717, 1.165) is 32.1 Å². The Morgan fingerprint density at radius 1 is 0.714 bits per heavy atom. The third kappa shape index (κ3) is 2.80. The topological polar surface area (TPSA) is 104 Å². The van der Waals surface area contributed by atoms with Crippen molar-refractivity contribution in [2.24, 2.45) is 0 Å². The number of anilines is 4. The predicted molar refractivity (Wildman–Crippen MR) is 137 cm³/mol. The maximum atomic E-state index is 6.32. The lowest BCUT2D eigenvalue weighted by Gasteiger charge is -2.51. The van der Waals surface area contributed by atoms with Gasteiger partial charge in [-0.15, -0.1) is 0 Å². The summed E-state index contributed by atoms with van der Waals surface area (Å²) >= 11 is 5.20. The Morgan fingerprint density at radius 2 is 1.14 bits per heavy atom. The highest BCUT2D eigenvalue weighted by Gasteiger charge is 2.51. The van der Waals surface area contributed by atoms with E-state index in [0.29, 0.717) is 22.7 Å². The summed E-state index contributed by atoms with van der Waals surface area (Å²) in [6.07, 6.45) is 5.44. The van der Waals surface area contributed by atoms with Gasteiger partial charge in [0.1, 0.15) is 0 Å².